The van der Waals surface area contributed by atoms with E-state index < -0.39 is 23.9 Å². The minimum Gasteiger partial charge on any atom is -0.444 e. The molecule has 0 spiro atoms. The van der Waals surface area contributed by atoms with Crippen LogP contribution in [0.1, 0.15) is 32.8 Å². The molecule has 1 saturated heterocycles. The van der Waals surface area contributed by atoms with Crippen molar-refractivity contribution in [1.29, 1.82) is 0 Å². The van der Waals surface area contributed by atoms with Gasteiger partial charge in [0.25, 0.3) is 0 Å². The minimum atomic E-state index is -1.24. The van der Waals surface area contributed by atoms with Crippen LogP contribution >= 0.6 is 11.6 Å². The van der Waals surface area contributed by atoms with Gasteiger partial charge in [0.05, 0.1) is 12.6 Å². The molecule has 1 aromatic heterocycles. The summed E-state index contributed by atoms with van der Waals surface area (Å²) < 4.78 is 19.6. The molecule has 1 aliphatic heterocycles. The zero-order chi connectivity index (χ0) is 17.2. The number of carbonyl (C=O) groups is 1. The van der Waals surface area contributed by atoms with E-state index in [0.717, 1.165) is 5.56 Å². The minimum absolute atomic E-state index is 0.0217. The van der Waals surface area contributed by atoms with Crippen LogP contribution < -0.4 is 5.32 Å². The van der Waals surface area contributed by atoms with Crippen molar-refractivity contribution in [3.05, 3.63) is 16.9 Å². The Morgan fingerprint density at radius 3 is 2.78 bits per heavy atom. The summed E-state index contributed by atoms with van der Waals surface area (Å²) in [5.74, 6) is 0.291. The molecule has 8 heteroatoms. The van der Waals surface area contributed by atoms with Crippen LogP contribution in [-0.4, -0.2) is 51.9 Å². The van der Waals surface area contributed by atoms with E-state index in [4.69, 9.17) is 16.3 Å². The van der Waals surface area contributed by atoms with Gasteiger partial charge < -0.3 is 15.0 Å². The lowest BCUT2D eigenvalue weighted by Gasteiger charge is -2.35. The molecule has 1 aromatic rings. The third-order valence-corrected chi connectivity index (χ3v) is 3.80. The van der Waals surface area contributed by atoms with Crippen molar-refractivity contribution in [2.75, 3.05) is 18.4 Å². The van der Waals surface area contributed by atoms with E-state index in [1.807, 2.05) is 0 Å². The van der Waals surface area contributed by atoms with Crippen molar-refractivity contribution in [2.24, 2.45) is 0 Å². The predicted octanol–water partition coefficient (Wildman–Crippen LogP) is 3.20. The Labute approximate surface area is 140 Å². The number of ether oxygens (including phenoxy) is 1. The molecule has 0 aromatic carbocycles. The van der Waals surface area contributed by atoms with E-state index >= 15 is 0 Å². The number of piperidine rings is 1. The molecule has 0 unspecified atom stereocenters. The Bertz CT molecular complexity index is 579. The zero-order valence-electron chi connectivity index (χ0n) is 13.8. The van der Waals surface area contributed by atoms with Crippen LogP contribution in [0.15, 0.2) is 6.20 Å². The van der Waals surface area contributed by atoms with Gasteiger partial charge in [0.15, 0.2) is 0 Å². The van der Waals surface area contributed by atoms with E-state index in [2.05, 4.69) is 15.3 Å². The SMILES string of the molecule is Cc1cnc(N[C@H]2CCN(C(=O)OC(C)(C)C)C[C@H]2F)nc1Cl. The van der Waals surface area contributed by atoms with E-state index in [-0.39, 0.29) is 6.54 Å². The van der Waals surface area contributed by atoms with Crippen molar-refractivity contribution in [3.8, 4) is 0 Å². The van der Waals surface area contributed by atoms with Crippen LogP contribution in [0.3, 0.4) is 0 Å². The molecule has 0 aliphatic carbocycles. The molecule has 1 aliphatic rings. The Hall–Kier alpha value is -1.63. The summed E-state index contributed by atoms with van der Waals surface area (Å²) >= 11 is 5.94. The van der Waals surface area contributed by atoms with Gasteiger partial charge in [-0.15, -0.1) is 0 Å². The number of hydrogen-bond acceptors (Lipinski definition) is 5. The molecule has 1 amide bonds. The van der Waals surface area contributed by atoms with E-state index in [9.17, 15) is 9.18 Å². The molecule has 2 heterocycles. The van der Waals surface area contributed by atoms with Gasteiger partial charge in [0, 0.05) is 18.3 Å². The molecule has 1 fully saturated rings. The summed E-state index contributed by atoms with van der Waals surface area (Å²) in [6, 6.07) is -0.465. The first-order valence-electron chi connectivity index (χ1n) is 7.53. The lowest BCUT2D eigenvalue weighted by atomic mass is 10.0. The maximum Gasteiger partial charge on any atom is 0.410 e. The highest BCUT2D eigenvalue weighted by atomic mass is 35.5. The number of nitrogens with zero attached hydrogens (tertiary/aromatic N) is 3. The number of carbonyl (C=O) groups excluding carboxylic acids is 1. The van der Waals surface area contributed by atoms with Crippen LogP contribution in [-0.2, 0) is 4.74 Å². The van der Waals surface area contributed by atoms with Gasteiger partial charge in [0.2, 0.25) is 5.95 Å². The number of amides is 1. The fourth-order valence-electron chi connectivity index (χ4n) is 2.22. The Morgan fingerprint density at radius 2 is 2.22 bits per heavy atom. The molecule has 6 nitrogen and oxygen atoms in total. The maximum atomic E-state index is 14.4. The van der Waals surface area contributed by atoms with E-state index in [1.54, 1.807) is 33.9 Å². The molecule has 0 saturated carbocycles. The van der Waals surface area contributed by atoms with Gasteiger partial charge in [-0.05, 0) is 34.1 Å². The summed E-state index contributed by atoms with van der Waals surface area (Å²) in [6.45, 7) is 7.53. The Kier molecular flexibility index (Phi) is 5.29. The van der Waals surface area contributed by atoms with Crippen LogP contribution in [0.4, 0.5) is 15.1 Å². The highest BCUT2D eigenvalue weighted by Crippen LogP contribution is 2.21. The quantitative estimate of drug-likeness (QED) is 0.834. The highest BCUT2D eigenvalue weighted by molar-refractivity contribution is 6.30. The number of aryl methyl sites for hydroxylation is 1. The van der Waals surface area contributed by atoms with Crippen LogP contribution in [0.5, 0.6) is 0 Å². The fraction of sp³-hybridized carbons (Fsp3) is 0.667. The lowest BCUT2D eigenvalue weighted by molar-refractivity contribution is 0.0125. The third-order valence-electron chi connectivity index (χ3n) is 3.42. The van der Waals surface area contributed by atoms with Gasteiger partial charge in [-0.25, -0.2) is 19.2 Å². The average molecular weight is 345 g/mol. The molecule has 0 bridgehead atoms. The lowest BCUT2D eigenvalue weighted by Crippen LogP contribution is -2.51. The van der Waals surface area contributed by atoms with Crippen molar-refractivity contribution in [1.82, 2.24) is 14.9 Å². The van der Waals surface area contributed by atoms with Crippen molar-refractivity contribution < 1.29 is 13.9 Å². The number of hydrogen-bond donors (Lipinski definition) is 1. The van der Waals surface area contributed by atoms with Crippen molar-refractivity contribution >= 4 is 23.6 Å². The standard InChI is InChI=1S/C15H22ClFN4O2/c1-9-7-18-13(20-12(9)16)19-11-5-6-21(8-10(11)17)14(22)23-15(2,3)4/h7,10-11H,5-6,8H2,1-4H3,(H,18,19,20)/t10-,11+/m1/s1. The number of aromatic nitrogens is 2. The van der Waals surface area contributed by atoms with Crippen LogP contribution in [0, 0.1) is 6.92 Å². The third kappa shape index (κ3) is 4.92. The summed E-state index contributed by atoms with van der Waals surface area (Å²) in [7, 11) is 0. The molecule has 2 atom stereocenters. The van der Waals surface area contributed by atoms with Crippen molar-refractivity contribution in [2.45, 2.75) is 51.9 Å². The monoisotopic (exact) mass is 344 g/mol. The van der Waals surface area contributed by atoms with E-state index in [0.29, 0.717) is 24.1 Å². The molecule has 2 rings (SSSR count). The zero-order valence-corrected chi connectivity index (χ0v) is 14.5. The Balaban J connectivity index is 1.93. The molecule has 1 N–H and O–H groups in total. The van der Waals surface area contributed by atoms with Gasteiger partial charge in [-0.2, -0.15) is 0 Å². The van der Waals surface area contributed by atoms with Crippen molar-refractivity contribution in [3.63, 3.8) is 0 Å². The molecule has 128 valence electrons. The van der Waals surface area contributed by atoms with Gasteiger partial charge >= 0.3 is 6.09 Å². The van der Waals surface area contributed by atoms with E-state index in [1.165, 1.54) is 4.90 Å². The highest BCUT2D eigenvalue weighted by Gasteiger charge is 2.34. The number of rotatable bonds is 2. The maximum absolute atomic E-state index is 14.4. The number of alkyl halides is 1. The van der Waals surface area contributed by atoms with Gasteiger partial charge in [0.1, 0.15) is 16.9 Å². The second-order valence-electron chi connectivity index (χ2n) is 6.65. The second kappa shape index (κ2) is 6.86. The first-order valence-corrected chi connectivity index (χ1v) is 7.91. The summed E-state index contributed by atoms with van der Waals surface area (Å²) in [5.41, 5.74) is 0.165. The fourth-order valence-corrected chi connectivity index (χ4v) is 2.35. The normalized spacial score (nSPS) is 21.9. The van der Waals surface area contributed by atoms with Crippen LogP contribution in [0.2, 0.25) is 5.15 Å². The number of halogens is 2. The molecule has 0 radical (unpaired) electrons. The summed E-state index contributed by atoms with van der Waals surface area (Å²) in [5, 5.41) is 3.28. The first kappa shape index (κ1) is 17.7. The average Bonchev–Trinajstić information content (AvgIpc) is 2.43. The smallest absolute Gasteiger partial charge is 0.410 e. The predicted molar refractivity (Wildman–Crippen MR) is 86.5 cm³/mol. The Morgan fingerprint density at radius 1 is 1.52 bits per heavy atom. The first-order chi connectivity index (χ1) is 10.7. The number of nitrogens with one attached hydrogen (secondary N) is 1. The second-order valence-corrected chi connectivity index (χ2v) is 7.01. The summed E-state index contributed by atoms with van der Waals surface area (Å²) in [4.78, 5) is 21.5. The topological polar surface area (TPSA) is 67.4 Å². The molecule has 23 heavy (non-hydrogen) atoms. The molecular weight excluding hydrogens is 323 g/mol. The summed E-state index contributed by atoms with van der Waals surface area (Å²) in [6.07, 6.45) is 0.295. The van der Waals surface area contributed by atoms with Gasteiger partial charge in [-0.3, -0.25) is 0 Å². The largest absolute Gasteiger partial charge is 0.444 e. The van der Waals surface area contributed by atoms with Crippen LogP contribution in [0.25, 0.3) is 0 Å². The molecular formula is C15H22ClFN4O2. The van der Waals surface area contributed by atoms with Gasteiger partial charge in [-0.1, -0.05) is 11.6 Å². The number of anilines is 1. The number of likely N-dealkylation sites (tertiary alicyclic amines) is 1.